The van der Waals surface area contributed by atoms with Crippen molar-refractivity contribution < 1.29 is 5.11 Å². The van der Waals surface area contributed by atoms with E-state index in [1.807, 2.05) is 19.1 Å². The van der Waals surface area contributed by atoms with Crippen LogP contribution in [0.25, 0.3) is 0 Å². The minimum Gasteiger partial charge on any atom is -0.382 e. The van der Waals surface area contributed by atoms with Gasteiger partial charge in [0.15, 0.2) is 0 Å². The second kappa shape index (κ2) is 5.05. The number of aromatic nitrogens is 1. The number of halogens is 2. The Morgan fingerprint density at radius 3 is 2.59 bits per heavy atom. The Morgan fingerprint density at radius 1 is 1.18 bits per heavy atom. The molecule has 4 heteroatoms. The highest BCUT2D eigenvalue weighted by atomic mass is 35.5. The molecule has 0 bridgehead atoms. The second-order valence-electron chi connectivity index (χ2n) is 3.78. The summed E-state index contributed by atoms with van der Waals surface area (Å²) in [5.41, 5.74) is 2.09. The number of aryl methyl sites for hydroxylation is 1. The monoisotopic (exact) mass is 267 g/mol. The predicted octanol–water partition coefficient (Wildman–Crippen LogP) is 3.78. The van der Waals surface area contributed by atoms with Gasteiger partial charge in [0.25, 0.3) is 0 Å². The number of benzene rings is 1. The van der Waals surface area contributed by atoms with Gasteiger partial charge in [0.1, 0.15) is 6.10 Å². The van der Waals surface area contributed by atoms with E-state index in [1.54, 1.807) is 24.4 Å². The smallest absolute Gasteiger partial charge is 0.123 e. The highest BCUT2D eigenvalue weighted by Gasteiger charge is 2.15. The van der Waals surface area contributed by atoms with E-state index in [2.05, 4.69) is 4.98 Å². The average Bonchev–Trinajstić information content (AvgIpc) is 2.32. The SMILES string of the molecule is Cc1ccc(C(O)c2ncccc2Cl)cc1Cl. The van der Waals surface area contributed by atoms with Crippen LogP contribution in [-0.4, -0.2) is 10.1 Å². The molecule has 0 radical (unpaired) electrons. The fourth-order valence-electron chi connectivity index (χ4n) is 1.54. The summed E-state index contributed by atoms with van der Waals surface area (Å²) in [6, 6.07) is 8.82. The van der Waals surface area contributed by atoms with Crippen LogP contribution in [0.2, 0.25) is 10.0 Å². The van der Waals surface area contributed by atoms with Crippen LogP contribution < -0.4 is 0 Å². The first-order valence-electron chi connectivity index (χ1n) is 5.14. The average molecular weight is 268 g/mol. The highest BCUT2D eigenvalue weighted by molar-refractivity contribution is 6.31. The van der Waals surface area contributed by atoms with Crippen LogP contribution in [0.1, 0.15) is 22.9 Å². The number of hydrogen-bond donors (Lipinski definition) is 1. The zero-order valence-corrected chi connectivity index (χ0v) is 10.7. The van der Waals surface area contributed by atoms with Gasteiger partial charge in [-0.3, -0.25) is 4.98 Å². The Kier molecular flexibility index (Phi) is 3.67. The first-order chi connectivity index (χ1) is 8.09. The van der Waals surface area contributed by atoms with E-state index in [4.69, 9.17) is 23.2 Å². The van der Waals surface area contributed by atoms with Crippen LogP contribution in [0.4, 0.5) is 0 Å². The first-order valence-corrected chi connectivity index (χ1v) is 5.89. The van der Waals surface area contributed by atoms with Gasteiger partial charge in [-0.25, -0.2) is 0 Å². The van der Waals surface area contributed by atoms with Gasteiger partial charge in [-0.15, -0.1) is 0 Å². The van der Waals surface area contributed by atoms with Crippen LogP contribution in [0, 0.1) is 6.92 Å². The zero-order valence-electron chi connectivity index (χ0n) is 9.19. The summed E-state index contributed by atoms with van der Waals surface area (Å²) in [6.45, 7) is 1.91. The van der Waals surface area contributed by atoms with Crippen molar-refractivity contribution in [2.45, 2.75) is 13.0 Å². The minimum atomic E-state index is -0.859. The molecule has 1 heterocycles. The van der Waals surface area contributed by atoms with Crippen molar-refractivity contribution in [2.24, 2.45) is 0 Å². The van der Waals surface area contributed by atoms with E-state index in [9.17, 15) is 5.11 Å². The largest absolute Gasteiger partial charge is 0.382 e. The molecule has 0 fully saturated rings. The Labute approximate surface area is 110 Å². The van der Waals surface area contributed by atoms with E-state index in [1.165, 1.54) is 0 Å². The van der Waals surface area contributed by atoms with E-state index in [0.717, 1.165) is 5.56 Å². The molecule has 1 N–H and O–H groups in total. The molecule has 0 aliphatic rings. The summed E-state index contributed by atoms with van der Waals surface area (Å²) in [7, 11) is 0. The third-order valence-electron chi connectivity index (χ3n) is 2.56. The fraction of sp³-hybridized carbons (Fsp3) is 0.154. The normalized spacial score (nSPS) is 12.5. The molecule has 0 aliphatic heterocycles. The number of rotatable bonds is 2. The standard InChI is InChI=1S/C13H11Cl2NO/c1-8-4-5-9(7-11(8)15)13(17)12-10(14)3-2-6-16-12/h2-7,13,17H,1H3. The molecule has 1 unspecified atom stereocenters. The van der Waals surface area contributed by atoms with Crippen LogP contribution in [0.3, 0.4) is 0 Å². The number of aliphatic hydroxyl groups is 1. The lowest BCUT2D eigenvalue weighted by molar-refractivity contribution is 0.215. The number of pyridine rings is 1. The maximum atomic E-state index is 10.2. The van der Waals surface area contributed by atoms with Crippen molar-refractivity contribution in [2.75, 3.05) is 0 Å². The third kappa shape index (κ3) is 2.60. The lowest BCUT2D eigenvalue weighted by Crippen LogP contribution is -2.03. The summed E-state index contributed by atoms with van der Waals surface area (Å²) in [5, 5.41) is 11.2. The van der Waals surface area contributed by atoms with Gasteiger partial charge < -0.3 is 5.11 Å². The molecule has 88 valence electrons. The lowest BCUT2D eigenvalue weighted by Gasteiger charge is -2.12. The summed E-state index contributed by atoms with van der Waals surface area (Å²) in [6.07, 6.45) is 0.738. The first kappa shape index (κ1) is 12.4. The molecule has 1 atom stereocenters. The van der Waals surface area contributed by atoms with Gasteiger partial charge in [0.05, 0.1) is 10.7 Å². The predicted molar refractivity (Wildman–Crippen MR) is 69.5 cm³/mol. The highest BCUT2D eigenvalue weighted by Crippen LogP contribution is 2.28. The molecule has 1 aromatic carbocycles. The number of hydrogen-bond acceptors (Lipinski definition) is 2. The maximum Gasteiger partial charge on any atom is 0.123 e. The maximum absolute atomic E-state index is 10.2. The second-order valence-corrected chi connectivity index (χ2v) is 4.60. The molecule has 0 aliphatic carbocycles. The molecule has 0 saturated carbocycles. The molecule has 2 aromatic rings. The van der Waals surface area contributed by atoms with Crippen molar-refractivity contribution in [1.29, 1.82) is 0 Å². The molecule has 0 saturated heterocycles. The van der Waals surface area contributed by atoms with E-state index >= 15 is 0 Å². The summed E-state index contributed by atoms with van der Waals surface area (Å²) < 4.78 is 0. The fourth-order valence-corrected chi connectivity index (χ4v) is 1.95. The van der Waals surface area contributed by atoms with E-state index in [-0.39, 0.29) is 0 Å². The number of aliphatic hydroxyl groups excluding tert-OH is 1. The van der Waals surface area contributed by atoms with Crippen molar-refractivity contribution in [3.8, 4) is 0 Å². The number of nitrogens with zero attached hydrogens (tertiary/aromatic N) is 1. The van der Waals surface area contributed by atoms with Gasteiger partial charge in [0, 0.05) is 11.2 Å². The van der Waals surface area contributed by atoms with Crippen LogP contribution in [0.5, 0.6) is 0 Å². The van der Waals surface area contributed by atoms with Gasteiger partial charge in [-0.1, -0.05) is 35.3 Å². The van der Waals surface area contributed by atoms with Gasteiger partial charge in [0.2, 0.25) is 0 Å². The van der Waals surface area contributed by atoms with Gasteiger partial charge in [-0.2, -0.15) is 0 Å². The Hall–Kier alpha value is -1.09. The Bertz CT molecular complexity index is 543. The molecule has 1 aromatic heterocycles. The minimum absolute atomic E-state index is 0.439. The van der Waals surface area contributed by atoms with Crippen LogP contribution in [0.15, 0.2) is 36.5 Å². The van der Waals surface area contributed by atoms with Crippen molar-refractivity contribution in [1.82, 2.24) is 4.98 Å². The quantitative estimate of drug-likeness (QED) is 0.899. The molecule has 2 nitrogen and oxygen atoms in total. The molecular formula is C13H11Cl2NO. The summed E-state index contributed by atoms with van der Waals surface area (Å²) in [4.78, 5) is 4.08. The summed E-state index contributed by atoms with van der Waals surface area (Å²) >= 11 is 12.0. The lowest BCUT2D eigenvalue weighted by atomic mass is 10.0. The van der Waals surface area contributed by atoms with Crippen molar-refractivity contribution in [3.05, 3.63) is 63.4 Å². The van der Waals surface area contributed by atoms with Crippen LogP contribution >= 0.6 is 23.2 Å². The van der Waals surface area contributed by atoms with E-state index < -0.39 is 6.10 Å². The van der Waals surface area contributed by atoms with Gasteiger partial charge >= 0.3 is 0 Å². The Balaban J connectivity index is 2.40. The molecule has 0 spiro atoms. The molecule has 0 amide bonds. The third-order valence-corrected chi connectivity index (χ3v) is 3.28. The summed E-state index contributed by atoms with van der Waals surface area (Å²) in [5.74, 6) is 0. The molecular weight excluding hydrogens is 257 g/mol. The zero-order chi connectivity index (χ0) is 12.4. The topological polar surface area (TPSA) is 33.1 Å². The molecule has 2 rings (SSSR count). The molecule has 17 heavy (non-hydrogen) atoms. The van der Waals surface area contributed by atoms with Crippen molar-refractivity contribution in [3.63, 3.8) is 0 Å². The van der Waals surface area contributed by atoms with Crippen molar-refractivity contribution >= 4 is 23.2 Å². The Morgan fingerprint density at radius 2 is 1.94 bits per heavy atom. The van der Waals surface area contributed by atoms with Gasteiger partial charge in [-0.05, 0) is 36.2 Å². The van der Waals surface area contributed by atoms with E-state index in [0.29, 0.717) is 21.3 Å². The van der Waals surface area contributed by atoms with Crippen LogP contribution in [-0.2, 0) is 0 Å².